The highest BCUT2D eigenvalue weighted by atomic mass is 16.5. The second-order valence-corrected chi connectivity index (χ2v) is 7.37. The molecule has 4 nitrogen and oxygen atoms in total. The lowest BCUT2D eigenvalue weighted by molar-refractivity contribution is 0.166. The average molecular weight is 411 g/mol. The molecule has 1 aromatic heterocycles. The van der Waals surface area contributed by atoms with Gasteiger partial charge < -0.3 is 9.84 Å². The average Bonchev–Trinajstić information content (AvgIpc) is 2.87. The van der Waals surface area contributed by atoms with Crippen LogP contribution in [0, 0.1) is 0 Å². The highest BCUT2D eigenvalue weighted by molar-refractivity contribution is 5.49. The van der Waals surface area contributed by atoms with Gasteiger partial charge in [-0.2, -0.15) is 0 Å². The molecule has 0 saturated carbocycles. The van der Waals surface area contributed by atoms with Gasteiger partial charge in [-0.1, -0.05) is 91.0 Å². The molecule has 4 rings (SSSR count). The fraction of sp³-hybridized carbons (Fsp3) is 0.148. The van der Waals surface area contributed by atoms with Gasteiger partial charge in [-0.3, -0.25) is 10.3 Å². The summed E-state index contributed by atoms with van der Waals surface area (Å²) in [6, 6.07) is 34.3. The lowest BCUT2D eigenvalue weighted by Gasteiger charge is -2.39. The van der Waals surface area contributed by atoms with Crippen LogP contribution in [-0.4, -0.2) is 29.3 Å². The predicted octanol–water partition coefficient (Wildman–Crippen LogP) is 4.40. The molecule has 2 N–H and O–H groups in total. The molecule has 0 saturated heterocycles. The minimum absolute atomic E-state index is 0.0749. The summed E-state index contributed by atoms with van der Waals surface area (Å²) in [6.07, 6.45) is 3.38. The van der Waals surface area contributed by atoms with E-state index in [1.54, 1.807) is 12.4 Å². The Labute approximate surface area is 183 Å². The molecule has 1 atom stereocenters. The maximum Gasteiger partial charge on any atom is 0.137 e. The molecule has 0 spiro atoms. The largest absolute Gasteiger partial charge is 0.490 e. The van der Waals surface area contributed by atoms with Gasteiger partial charge in [0.25, 0.3) is 0 Å². The molecule has 0 bridgehead atoms. The van der Waals surface area contributed by atoms with Gasteiger partial charge in [0, 0.05) is 6.20 Å². The van der Waals surface area contributed by atoms with Crippen molar-refractivity contribution in [3.63, 3.8) is 0 Å². The van der Waals surface area contributed by atoms with Crippen molar-refractivity contribution in [2.45, 2.75) is 11.6 Å². The highest BCUT2D eigenvalue weighted by Gasteiger charge is 2.38. The second-order valence-electron chi connectivity index (χ2n) is 7.37. The van der Waals surface area contributed by atoms with Gasteiger partial charge in [0.2, 0.25) is 0 Å². The van der Waals surface area contributed by atoms with Crippen LogP contribution < -0.4 is 10.1 Å². The third-order valence-corrected chi connectivity index (χ3v) is 5.35. The number of aromatic nitrogens is 1. The first-order valence-corrected chi connectivity index (χ1v) is 10.4. The van der Waals surface area contributed by atoms with Crippen LogP contribution in [0.5, 0.6) is 5.75 Å². The Morgan fingerprint density at radius 3 is 1.68 bits per heavy atom. The number of aliphatic hydroxyl groups is 1. The first-order valence-electron chi connectivity index (χ1n) is 10.4. The Hall–Kier alpha value is -3.47. The van der Waals surface area contributed by atoms with E-state index in [2.05, 4.69) is 46.7 Å². The van der Waals surface area contributed by atoms with Crippen LogP contribution >= 0.6 is 0 Å². The van der Waals surface area contributed by atoms with Crippen LogP contribution in [-0.2, 0) is 5.54 Å². The molecular formula is C27H26N2O2. The quantitative estimate of drug-likeness (QED) is 0.402. The van der Waals surface area contributed by atoms with Gasteiger partial charge in [0.05, 0.1) is 24.4 Å². The van der Waals surface area contributed by atoms with Crippen molar-refractivity contribution in [3.8, 4) is 5.75 Å². The van der Waals surface area contributed by atoms with Gasteiger partial charge in [-0.25, -0.2) is 0 Å². The van der Waals surface area contributed by atoms with E-state index < -0.39 is 5.54 Å². The molecule has 31 heavy (non-hydrogen) atoms. The van der Waals surface area contributed by atoms with E-state index in [-0.39, 0.29) is 12.6 Å². The zero-order valence-corrected chi connectivity index (χ0v) is 17.3. The summed E-state index contributed by atoms with van der Waals surface area (Å²) in [6.45, 7) is 0.227. The molecule has 0 amide bonds. The molecule has 4 heteroatoms. The van der Waals surface area contributed by atoms with E-state index in [1.807, 2.05) is 66.7 Å². The smallest absolute Gasteiger partial charge is 0.137 e. The molecule has 4 aromatic rings. The fourth-order valence-electron chi connectivity index (χ4n) is 3.89. The van der Waals surface area contributed by atoms with E-state index in [4.69, 9.17) is 4.74 Å². The van der Waals surface area contributed by atoms with Crippen LogP contribution in [0.15, 0.2) is 116 Å². The van der Waals surface area contributed by atoms with Gasteiger partial charge in [0.15, 0.2) is 0 Å². The van der Waals surface area contributed by atoms with Crippen LogP contribution in [0.2, 0.25) is 0 Å². The van der Waals surface area contributed by atoms with Crippen molar-refractivity contribution in [3.05, 3.63) is 132 Å². The second kappa shape index (κ2) is 10.0. The van der Waals surface area contributed by atoms with Gasteiger partial charge in [0.1, 0.15) is 12.4 Å². The number of pyridine rings is 1. The minimum Gasteiger partial charge on any atom is -0.490 e. The van der Waals surface area contributed by atoms with E-state index in [0.29, 0.717) is 12.4 Å². The topological polar surface area (TPSA) is 54.4 Å². The van der Waals surface area contributed by atoms with E-state index in [0.717, 1.165) is 16.7 Å². The zero-order valence-electron chi connectivity index (χ0n) is 17.3. The predicted molar refractivity (Wildman–Crippen MR) is 123 cm³/mol. The number of hydrogen-bond acceptors (Lipinski definition) is 4. The fourth-order valence-corrected chi connectivity index (χ4v) is 3.89. The van der Waals surface area contributed by atoms with E-state index in [9.17, 15) is 5.11 Å². The third kappa shape index (κ3) is 4.66. The summed E-state index contributed by atoms with van der Waals surface area (Å²) in [7, 11) is 0. The van der Waals surface area contributed by atoms with Crippen molar-refractivity contribution in [1.82, 2.24) is 10.3 Å². The van der Waals surface area contributed by atoms with Crippen molar-refractivity contribution >= 4 is 0 Å². The Morgan fingerprint density at radius 1 is 0.742 bits per heavy atom. The van der Waals surface area contributed by atoms with Crippen molar-refractivity contribution in [1.29, 1.82) is 0 Å². The molecule has 0 aliphatic carbocycles. The van der Waals surface area contributed by atoms with Crippen LogP contribution in [0.1, 0.15) is 16.7 Å². The SMILES string of the molecule is OC[C@H](COc1cccnc1)NC(c1ccccc1)(c1ccccc1)c1ccccc1. The Morgan fingerprint density at radius 2 is 1.26 bits per heavy atom. The number of ether oxygens (including phenoxy) is 1. The number of hydrogen-bond donors (Lipinski definition) is 2. The van der Waals surface area contributed by atoms with Crippen LogP contribution in [0.3, 0.4) is 0 Å². The normalized spacial score (nSPS) is 12.3. The van der Waals surface area contributed by atoms with Gasteiger partial charge in [-0.05, 0) is 28.8 Å². The van der Waals surface area contributed by atoms with Crippen molar-refractivity contribution in [2.24, 2.45) is 0 Å². The Balaban J connectivity index is 1.77. The number of nitrogens with one attached hydrogen (secondary N) is 1. The number of rotatable bonds is 9. The first-order chi connectivity index (χ1) is 15.3. The Kier molecular flexibility index (Phi) is 6.72. The van der Waals surface area contributed by atoms with Crippen molar-refractivity contribution in [2.75, 3.05) is 13.2 Å². The minimum atomic E-state index is -0.657. The van der Waals surface area contributed by atoms with Crippen LogP contribution in [0.25, 0.3) is 0 Å². The van der Waals surface area contributed by atoms with E-state index >= 15 is 0 Å². The van der Waals surface area contributed by atoms with Gasteiger partial charge in [-0.15, -0.1) is 0 Å². The standard InChI is InChI=1S/C27H26N2O2/c30-20-25(21-31-26-17-10-18-28-19-26)29-27(22-11-4-1-5-12-22,23-13-6-2-7-14-23)24-15-8-3-9-16-24/h1-19,25,29-30H,20-21H2/t25-/m1/s1. The zero-order chi connectivity index (χ0) is 21.4. The molecule has 156 valence electrons. The molecule has 0 aliphatic rings. The monoisotopic (exact) mass is 410 g/mol. The number of aliphatic hydroxyl groups excluding tert-OH is 1. The molecule has 1 heterocycles. The maximum atomic E-state index is 10.2. The summed E-state index contributed by atoms with van der Waals surface area (Å²) in [5.74, 6) is 0.674. The summed E-state index contributed by atoms with van der Waals surface area (Å²) in [4.78, 5) is 4.10. The third-order valence-electron chi connectivity index (χ3n) is 5.35. The number of benzene rings is 3. The molecule has 0 unspecified atom stereocenters. The molecule has 0 fully saturated rings. The molecule has 3 aromatic carbocycles. The lowest BCUT2D eigenvalue weighted by Crippen LogP contribution is -2.53. The maximum absolute atomic E-state index is 10.2. The first kappa shape index (κ1) is 20.8. The molecule has 0 aliphatic heterocycles. The summed E-state index contributed by atoms with van der Waals surface area (Å²) in [5, 5.41) is 14.0. The lowest BCUT2D eigenvalue weighted by atomic mass is 9.76. The number of nitrogens with zero attached hydrogens (tertiary/aromatic N) is 1. The van der Waals surface area contributed by atoms with Gasteiger partial charge >= 0.3 is 0 Å². The van der Waals surface area contributed by atoms with Crippen molar-refractivity contribution < 1.29 is 9.84 Å². The highest BCUT2D eigenvalue weighted by Crippen LogP contribution is 2.37. The summed E-state index contributed by atoms with van der Waals surface area (Å²) >= 11 is 0. The molecule has 0 radical (unpaired) electrons. The van der Waals surface area contributed by atoms with E-state index in [1.165, 1.54) is 0 Å². The van der Waals surface area contributed by atoms with Crippen LogP contribution in [0.4, 0.5) is 0 Å². The Bertz CT molecular complexity index is 945. The molecular weight excluding hydrogens is 384 g/mol. The summed E-state index contributed by atoms with van der Waals surface area (Å²) in [5.41, 5.74) is 2.61. The summed E-state index contributed by atoms with van der Waals surface area (Å²) < 4.78 is 5.93.